The van der Waals surface area contributed by atoms with Crippen molar-refractivity contribution in [1.82, 2.24) is 4.90 Å². The summed E-state index contributed by atoms with van der Waals surface area (Å²) < 4.78 is 10.2. The van der Waals surface area contributed by atoms with Crippen LogP contribution in [0.3, 0.4) is 0 Å². The van der Waals surface area contributed by atoms with E-state index in [0.29, 0.717) is 26.0 Å². The van der Waals surface area contributed by atoms with Gasteiger partial charge in [0.05, 0.1) is 13.7 Å². The van der Waals surface area contributed by atoms with E-state index in [2.05, 4.69) is 0 Å². The minimum Gasteiger partial charge on any atom is -0.494 e. The van der Waals surface area contributed by atoms with Gasteiger partial charge in [-0.2, -0.15) is 0 Å². The maximum atomic E-state index is 11.9. The SMILES string of the molecule is CCOc1cccc(CN2C(=O)CCC2C(=O)OC)c1. The van der Waals surface area contributed by atoms with Crippen molar-refractivity contribution in [3.8, 4) is 5.75 Å². The minimum atomic E-state index is -0.469. The van der Waals surface area contributed by atoms with E-state index in [0.717, 1.165) is 11.3 Å². The van der Waals surface area contributed by atoms with Crippen molar-refractivity contribution in [2.24, 2.45) is 0 Å². The monoisotopic (exact) mass is 277 g/mol. The summed E-state index contributed by atoms with van der Waals surface area (Å²) in [6.45, 7) is 2.92. The van der Waals surface area contributed by atoms with Crippen molar-refractivity contribution in [3.63, 3.8) is 0 Å². The zero-order valence-electron chi connectivity index (χ0n) is 11.8. The van der Waals surface area contributed by atoms with Gasteiger partial charge >= 0.3 is 5.97 Å². The Morgan fingerprint density at radius 2 is 2.25 bits per heavy atom. The fraction of sp³-hybridized carbons (Fsp3) is 0.467. The van der Waals surface area contributed by atoms with E-state index >= 15 is 0 Å². The molecule has 0 aliphatic carbocycles. The van der Waals surface area contributed by atoms with Crippen LogP contribution < -0.4 is 4.74 Å². The van der Waals surface area contributed by atoms with Gasteiger partial charge in [0, 0.05) is 13.0 Å². The molecule has 1 aromatic rings. The number of ether oxygens (including phenoxy) is 2. The molecule has 0 radical (unpaired) electrons. The van der Waals surface area contributed by atoms with Crippen LogP contribution >= 0.6 is 0 Å². The highest BCUT2D eigenvalue weighted by atomic mass is 16.5. The van der Waals surface area contributed by atoms with Crippen LogP contribution in [0.25, 0.3) is 0 Å². The molecule has 0 spiro atoms. The second-order valence-corrected chi connectivity index (χ2v) is 4.68. The van der Waals surface area contributed by atoms with Gasteiger partial charge in [-0.05, 0) is 31.0 Å². The van der Waals surface area contributed by atoms with Gasteiger partial charge in [0.25, 0.3) is 0 Å². The van der Waals surface area contributed by atoms with Crippen molar-refractivity contribution >= 4 is 11.9 Å². The van der Waals surface area contributed by atoms with E-state index in [4.69, 9.17) is 9.47 Å². The van der Waals surface area contributed by atoms with E-state index in [1.807, 2.05) is 31.2 Å². The molecule has 20 heavy (non-hydrogen) atoms. The fourth-order valence-electron chi connectivity index (χ4n) is 2.41. The normalized spacial score (nSPS) is 18.2. The second kappa shape index (κ2) is 6.41. The summed E-state index contributed by atoms with van der Waals surface area (Å²) in [6, 6.07) is 7.10. The standard InChI is InChI=1S/C15H19NO4/c1-3-20-12-6-4-5-11(9-12)10-16-13(15(18)19-2)7-8-14(16)17/h4-6,9,13H,3,7-8,10H2,1-2H3. The lowest BCUT2D eigenvalue weighted by Crippen LogP contribution is -2.38. The fourth-order valence-corrected chi connectivity index (χ4v) is 2.41. The Hall–Kier alpha value is -2.04. The summed E-state index contributed by atoms with van der Waals surface area (Å²) in [7, 11) is 1.35. The topological polar surface area (TPSA) is 55.8 Å². The molecule has 1 aliphatic heterocycles. The molecule has 0 bridgehead atoms. The Bertz CT molecular complexity index is 500. The van der Waals surface area contributed by atoms with E-state index in [1.165, 1.54) is 7.11 Å². The molecule has 1 heterocycles. The highest BCUT2D eigenvalue weighted by Gasteiger charge is 2.36. The third-order valence-corrected chi connectivity index (χ3v) is 3.36. The number of likely N-dealkylation sites (tertiary alicyclic amines) is 1. The van der Waals surface area contributed by atoms with E-state index in [-0.39, 0.29) is 11.9 Å². The molecule has 1 aromatic carbocycles. The lowest BCUT2D eigenvalue weighted by atomic mass is 10.1. The predicted molar refractivity (Wildman–Crippen MR) is 73.2 cm³/mol. The number of methoxy groups -OCH3 is 1. The van der Waals surface area contributed by atoms with Gasteiger partial charge in [0.2, 0.25) is 5.91 Å². The summed E-state index contributed by atoms with van der Waals surface area (Å²) in [5.41, 5.74) is 0.945. The molecular weight excluding hydrogens is 258 g/mol. The molecule has 1 atom stereocenters. The Kier molecular flexibility index (Phi) is 4.61. The van der Waals surface area contributed by atoms with Crippen LogP contribution in [0, 0.1) is 0 Å². The molecular formula is C15H19NO4. The first-order valence-electron chi connectivity index (χ1n) is 6.74. The highest BCUT2D eigenvalue weighted by molar-refractivity contribution is 5.88. The number of carbonyl (C=O) groups excluding carboxylic acids is 2. The number of esters is 1. The van der Waals surface area contributed by atoms with Crippen molar-refractivity contribution in [3.05, 3.63) is 29.8 Å². The average Bonchev–Trinajstić information content (AvgIpc) is 2.80. The average molecular weight is 277 g/mol. The summed E-state index contributed by atoms with van der Waals surface area (Å²) in [5.74, 6) is 0.408. The molecule has 0 N–H and O–H groups in total. The largest absolute Gasteiger partial charge is 0.494 e. The quantitative estimate of drug-likeness (QED) is 0.769. The third kappa shape index (κ3) is 3.10. The minimum absolute atomic E-state index is 0.0118. The first kappa shape index (κ1) is 14.4. The molecule has 2 rings (SSSR count). The smallest absolute Gasteiger partial charge is 0.328 e. The van der Waals surface area contributed by atoms with Crippen molar-refractivity contribution in [2.45, 2.75) is 32.4 Å². The maximum Gasteiger partial charge on any atom is 0.328 e. The Morgan fingerprint density at radius 3 is 2.95 bits per heavy atom. The van der Waals surface area contributed by atoms with Gasteiger partial charge in [-0.15, -0.1) is 0 Å². The maximum absolute atomic E-state index is 11.9. The first-order chi connectivity index (χ1) is 9.65. The lowest BCUT2D eigenvalue weighted by molar-refractivity contribution is -0.149. The summed E-state index contributed by atoms with van der Waals surface area (Å²) >= 11 is 0. The predicted octanol–water partition coefficient (Wildman–Crippen LogP) is 1.75. The number of rotatable bonds is 5. The van der Waals surface area contributed by atoms with E-state index in [1.54, 1.807) is 4.90 Å². The third-order valence-electron chi connectivity index (χ3n) is 3.36. The van der Waals surface area contributed by atoms with Gasteiger partial charge in [0.1, 0.15) is 11.8 Å². The molecule has 108 valence electrons. The molecule has 1 saturated heterocycles. The van der Waals surface area contributed by atoms with Crippen LogP contribution in [0.1, 0.15) is 25.3 Å². The molecule has 1 unspecified atom stereocenters. The molecule has 0 saturated carbocycles. The van der Waals surface area contributed by atoms with E-state index in [9.17, 15) is 9.59 Å². The lowest BCUT2D eigenvalue weighted by Gasteiger charge is -2.23. The van der Waals surface area contributed by atoms with Crippen molar-refractivity contribution in [2.75, 3.05) is 13.7 Å². The van der Waals surface area contributed by atoms with Crippen LogP contribution in [-0.4, -0.2) is 36.5 Å². The van der Waals surface area contributed by atoms with Crippen LogP contribution in [0.5, 0.6) is 5.75 Å². The Morgan fingerprint density at radius 1 is 1.45 bits per heavy atom. The second-order valence-electron chi connectivity index (χ2n) is 4.68. The summed E-state index contributed by atoms with van der Waals surface area (Å²) in [5, 5.41) is 0. The number of nitrogens with zero attached hydrogens (tertiary/aromatic N) is 1. The van der Waals surface area contributed by atoms with Crippen molar-refractivity contribution < 1.29 is 19.1 Å². The molecule has 5 heteroatoms. The zero-order chi connectivity index (χ0) is 14.5. The number of carbonyl (C=O) groups is 2. The number of benzene rings is 1. The number of hydrogen-bond acceptors (Lipinski definition) is 4. The van der Waals surface area contributed by atoms with E-state index < -0.39 is 6.04 Å². The number of amides is 1. The molecule has 1 aliphatic rings. The van der Waals surface area contributed by atoms with Crippen LogP contribution in [0.15, 0.2) is 24.3 Å². The van der Waals surface area contributed by atoms with Gasteiger partial charge in [0.15, 0.2) is 0 Å². The molecule has 1 amide bonds. The van der Waals surface area contributed by atoms with Crippen molar-refractivity contribution in [1.29, 1.82) is 0 Å². The van der Waals surface area contributed by atoms with Crippen LogP contribution in [-0.2, 0) is 20.9 Å². The summed E-state index contributed by atoms with van der Waals surface area (Å²) in [4.78, 5) is 25.2. The van der Waals surface area contributed by atoms with Gasteiger partial charge < -0.3 is 14.4 Å². The molecule has 0 aromatic heterocycles. The Balaban J connectivity index is 2.12. The molecule has 1 fully saturated rings. The zero-order valence-corrected chi connectivity index (χ0v) is 11.8. The van der Waals surface area contributed by atoms with Crippen LogP contribution in [0.4, 0.5) is 0 Å². The summed E-state index contributed by atoms with van der Waals surface area (Å²) in [6.07, 6.45) is 0.918. The number of hydrogen-bond donors (Lipinski definition) is 0. The Labute approximate surface area is 118 Å². The van der Waals surface area contributed by atoms with Crippen LogP contribution in [0.2, 0.25) is 0 Å². The highest BCUT2D eigenvalue weighted by Crippen LogP contribution is 2.23. The first-order valence-corrected chi connectivity index (χ1v) is 6.74. The molecule has 5 nitrogen and oxygen atoms in total. The van der Waals surface area contributed by atoms with Gasteiger partial charge in [-0.1, -0.05) is 12.1 Å². The van der Waals surface area contributed by atoms with Gasteiger partial charge in [-0.3, -0.25) is 4.79 Å². The van der Waals surface area contributed by atoms with Gasteiger partial charge in [-0.25, -0.2) is 4.79 Å².